The molecular weight excluding hydrogens is 262 g/mol. The molecule has 0 aromatic carbocycles. The van der Waals surface area contributed by atoms with Crippen molar-refractivity contribution >= 4 is 11.3 Å². The maximum atomic E-state index is 11.8. The summed E-state index contributed by atoms with van der Waals surface area (Å²) in [5.41, 5.74) is -0.535. The molecule has 2 heterocycles. The van der Waals surface area contributed by atoms with Crippen LogP contribution in [0.1, 0.15) is 17.8 Å². The van der Waals surface area contributed by atoms with Crippen LogP contribution in [-0.2, 0) is 13.6 Å². The van der Waals surface area contributed by atoms with Crippen LogP contribution in [0.15, 0.2) is 39.4 Å². The van der Waals surface area contributed by atoms with E-state index in [0.717, 1.165) is 0 Å². The zero-order valence-corrected chi connectivity index (χ0v) is 11.8. The van der Waals surface area contributed by atoms with Crippen LogP contribution in [0.4, 0.5) is 0 Å². The monoisotopic (exact) mass is 279 g/mol. The van der Waals surface area contributed by atoms with E-state index >= 15 is 0 Å². The van der Waals surface area contributed by atoms with E-state index in [-0.39, 0.29) is 17.3 Å². The summed E-state index contributed by atoms with van der Waals surface area (Å²) >= 11 is 1.69. The van der Waals surface area contributed by atoms with Gasteiger partial charge in [-0.3, -0.25) is 9.36 Å². The summed E-state index contributed by atoms with van der Waals surface area (Å²) in [5, 5.41) is 5.34. The molecule has 1 atom stereocenters. The Bertz CT molecular complexity index is 643. The van der Waals surface area contributed by atoms with Crippen LogP contribution in [0.2, 0.25) is 0 Å². The molecule has 1 unspecified atom stereocenters. The molecule has 0 saturated carbocycles. The number of thiophene rings is 1. The van der Waals surface area contributed by atoms with Gasteiger partial charge in [0.05, 0.1) is 0 Å². The van der Waals surface area contributed by atoms with Crippen LogP contribution in [0.5, 0.6) is 0 Å². The van der Waals surface area contributed by atoms with Crippen LogP contribution in [0, 0.1) is 0 Å². The number of nitrogens with one attached hydrogen (secondary N) is 1. The highest BCUT2D eigenvalue weighted by atomic mass is 32.1. The fourth-order valence-electron chi connectivity index (χ4n) is 1.85. The Kier molecular flexibility index (Phi) is 4.34. The number of nitrogens with zero attached hydrogens (tertiary/aromatic N) is 2. The van der Waals surface area contributed by atoms with Gasteiger partial charge in [0.1, 0.15) is 0 Å². The average Bonchev–Trinajstić information content (AvgIpc) is 2.92. The number of rotatable bonds is 5. The van der Waals surface area contributed by atoms with Gasteiger partial charge in [-0.1, -0.05) is 6.07 Å². The SMILES string of the molecule is CC(NCCn1c(=O)ccn(C)c1=O)c1cccs1. The quantitative estimate of drug-likeness (QED) is 0.887. The van der Waals surface area contributed by atoms with Gasteiger partial charge >= 0.3 is 5.69 Å². The maximum absolute atomic E-state index is 11.8. The van der Waals surface area contributed by atoms with Crippen molar-refractivity contribution in [2.75, 3.05) is 6.54 Å². The third kappa shape index (κ3) is 3.21. The van der Waals surface area contributed by atoms with E-state index in [1.54, 1.807) is 18.4 Å². The Hall–Kier alpha value is -1.66. The van der Waals surface area contributed by atoms with Gasteiger partial charge in [-0.25, -0.2) is 4.79 Å². The first-order valence-corrected chi connectivity index (χ1v) is 7.01. The first-order chi connectivity index (χ1) is 9.09. The van der Waals surface area contributed by atoms with Crippen molar-refractivity contribution in [2.24, 2.45) is 7.05 Å². The summed E-state index contributed by atoms with van der Waals surface area (Å²) in [5.74, 6) is 0. The third-order valence-corrected chi connectivity index (χ3v) is 4.05. The topological polar surface area (TPSA) is 56.0 Å². The molecule has 0 aliphatic heterocycles. The van der Waals surface area contributed by atoms with E-state index in [4.69, 9.17) is 0 Å². The van der Waals surface area contributed by atoms with E-state index < -0.39 is 0 Å². The lowest BCUT2D eigenvalue weighted by Gasteiger charge is -2.12. The first-order valence-electron chi connectivity index (χ1n) is 6.13. The van der Waals surface area contributed by atoms with Gasteiger partial charge in [-0.2, -0.15) is 0 Å². The molecule has 0 aliphatic rings. The molecule has 102 valence electrons. The lowest BCUT2D eigenvalue weighted by Crippen LogP contribution is -2.40. The largest absolute Gasteiger partial charge is 0.330 e. The standard InChI is InChI=1S/C13H17N3O2S/c1-10(11-4-3-9-19-11)14-6-8-16-12(17)5-7-15(2)13(16)18/h3-5,7,9-10,14H,6,8H2,1-2H3. The number of hydrogen-bond acceptors (Lipinski definition) is 4. The van der Waals surface area contributed by atoms with Gasteiger partial charge in [-0.05, 0) is 18.4 Å². The highest BCUT2D eigenvalue weighted by Gasteiger charge is 2.06. The first kappa shape index (κ1) is 13.8. The molecule has 6 heteroatoms. The second kappa shape index (κ2) is 5.99. The van der Waals surface area contributed by atoms with Gasteiger partial charge in [0.2, 0.25) is 0 Å². The van der Waals surface area contributed by atoms with Crippen molar-refractivity contribution < 1.29 is 0 Å². The van der Waals surface area contributed by atoms with Crippen LogP contribution < -0.4 is 16.6 Å². The van der Waals surface area contributed by atoms with Gasteiger partial charge in [0, 0.05) is 43.3 Å². The average molecular weight is 279 g/mol. The fourth-order valence-corrected chi connectivity index (χ4v) is 2.61. The Morgan fingerprint density at radius 2 is 2.16 bits per heavy atom. The molecule has 2 aromatic rings. The molecule has 5 nitrogen and oxygen atoms in total. The van der Waals surface area contributed by atoms with Crippen LogP contribution >= 0.6 is 11.3 Å². The van der Waals surface area contributed by atoms with Crippen molar-refractivity contribution in [3.8, 4) is 0 Å². The van der Waals surface area contributed by atoms with E-state index in [1.807, 2.05) is 11.4 Å². The van der Waals surface area contributed by atoms with Crippen molar-refractivity contribution in [1.82, 2.24) is 14.5 Å². The van der Waals surface area contributed by atoms with Crippen molar-refractivity contribution in [1.29, 1.82) is 0 Å². The Balaban J connectivity index is 1.99. The third-order valence-electron chi connectivity index (χ3n) is 3.00. The lowest BCUT2D eigenvalue weighted by molar-refractivity contribution is 0.507. The summed E-state index contributed by atoms with van der Waals surface area (Å²) in [4.78, 5) is 24.7. The predicted octanol–water partition coefficient (Wildman–Crippen LogP) is 0.959. The van der Waals surface area contributed by atoms with E-state index in [1.165, 1.54) is 26.3 Å². The summed E-state index contributed by atoms with van der Waals surface area (Å²) in [7, 11) is 1.64. The van der Waals surface area contributed by atoms with Crippen molar-refractivity contribution in [2.45, 2.75) is 19.5 Å². The predicted molar refractivity (Wildman–Crippen MR) is 76.7 cm³/mol. The van der Waals surface area contributed by atoms with E-state index in [9.17, 15) is 9.59 Å². The van der Waals surface area contributed by atoms with Crippen LogP contribution in [0.25, 0.3) is 0 Å². The zero-order chi connectivity index (χ0) is 13.8. The molecule has 1 N–H and O–H groups in total. The molecule has 0 bridgehead atoms. The van der Waals surface area contributed by atoms with Crippen molar-refractivity contribution in [3.05, 3.63) is 55.5 Å². The molecule has 0 saturated heterocycles. The second-order valence-electron chi connectivity index (χ2n) is 4.39. The Labute approximate surface area is 115 Å². The molecule has 0 fully saturated rings. The molecule has 0 aliphatic carbocycles. The van der Waals surface area contributed by atoms with Gasteiger partial charge < -0.3 is 9.88 Å². The number of aromatic nitrogens is 2. The van der Waals surface area contributed by atoms with Crippen LogP contribution in [-0.4, -0.2) is 15.7 Å². The summed E-state index contributed by atoms with van der Waals surface area (Å²) in [6, 6.07) is 5.71. The number of hydrogen-bond donors (Lipinski definition) is 1. The minimum atomic E-state index is -0.280. The maximum Gasteiger partial charge on any atom is 0.330 e. The summed E-state index contributed by atoms with van der Waals surface area (Å²) < 4.78 is 2.65. The zero-order valence-electron chi connectivity index (χ0n) is 11.0. The fraction of sp³-hybridized carbons (Fsp3) is 0.385. The normalized spacial score (nSPS) is 12.5. The minimum absolute atomic E-state index is 0.225. The molecular formula is C13H17N3O2S. The van der Waals surface area contributed by atoms with Gasteiger partial charge in [0.15, 0.2) is 0 Å². The number of aryl methyl sites for hydroxylation is 1. The minimum Gasteiger partial charge on any atom is -0.308 e. The van der Waals surface area contributed by atoms with E-state index in [0.29, 0.717) is 13.1 Å². The highest BCUT2D eigenvalue weighted by molar-refractivity contribution is 7.10. The molecule has 0 amide bonds. The second-order valence-corrected chi connectivity index (χ2v) is 5.37. The molecule has 19 heavy (non-hydrogen) atoms. The van der Waals surface area contributed by atoms with E-state index in [2.05, 4.69) is 18.3 Å². The lowest BCUT2D eigenvalue weighted by atomic mass is 10.3. The van der Waals surface area contributed by atoms with Crippen molar-refractivity contribution in [3.63, 3.8) is 0 Å². The smallest absolute Gasteiger partial charge is 0.308 e. The highest BCUT2D eigenvalue weighted by Crippen LogP contribution is 2.17. The molecule has 0 spiro atoms. The van der Waals surface area contributed by atoms with Crippen LogP contribution in [0.3, 0.4) is 0 Å². The molecule has 0 radical (unpaired) electrons. The molecule has 2 rings (SSSR count). The molecule has 2 aromatic heterocycles. The summed E-state index contributed by atoms with van der Waals surface area (Å²) in [6.45, 7) is 3.03. The Morgan fingerprint density at radius 3 is 2.84 bits per heavy atom. The van der Waals surface area contributed by atoms with Gasteiger partial charge in [-0.15, -0.1) is 11.3 Å². The summed E-state index contributed by atoms with van der Waals surface area (Å²) in [6.07, 6.45) is 1.49. The Morgan fingerprint density at radius 1 is 1.37 bits per heavy atom. The van der Waals surface area contributed by atoms with Gasteiger partial charge in [0.25, 0.3) is 5.56 Å².